The number of rotatable bonds is 7. The molecule has 0 spiro atoms. The molecule has 0 bridgehead atoms. The van der Waals surface area contributed by atoms with Gasteiger partial charge < -0.3 is 5.32 Å². The average molecular weight is 257 g/mol. The molecule has 102 valence electrons. The lowest BCUT2D eigenvalue weighted by Gasteiger charge is -2.30. The highest BCUT2D eigenvalue weighted by Crippen LogP contribution is 2.30. The van der Waals surface area contributed by atoms with Gasteiger partial charge in [0.2, 0.25) is 0 Å². The van der Waals surface area contributed by atoms with E-state index in [1.807, 2.05) is 11.8 Å². The third kappa shape index (κ3) is 5.21. The molecule has 2 heteroatoms. The zero-order valence-corrected chi connectivity index (χ0v) is 12.9. The number of hydrogen-bond acceptors (Lipinski definition) is 2. The molecule has 0 heterocycles. The largest absolute Gasteiger partial charge is 0.315 e. The van der Waals surface area contributed by atoms with Crippen LogP contribution in [-0.2, 0) is 0 Å². The lowest BCUT2D eigenvalue weighted by Crippen LogP contribution is -2.38. The zero-order valence-electron chi connectivity index (χ0n) is 12.1. The van der Waals surface area contributed by atoms with Crippen molar-refractivity contribution >= 4 is 11.8 Å². The van der Waals surface area contributed by atoms with Gasteiger partial charge in [0.05, 0.1) is 0 Å². The van der Waals surface area contributed by atoms with Crippen molar-refractivity contribution in [3.05, 3.63) is 0 Å². The van der Waals surface area contributed by atoms with Gasteiger partial charge in [0.15, 0.2) is 0 Å². The Morgan fingerprint density at radius 2 is 1.65 bits per heavy atom. The molecule has 1 aliphatic rings. The third-order valence-corrected chi connectivity index (χ3v) is 6.16. The van der Waals surface area contributed by atoms with E-state index < -0.39 is 0 Å². The fraction of sp³-hybridized carbons (Fsp3) is 1.00. The quantitative estimate of drug-likeness (QED) is 0.675. The van der Waals surface area contributed by atoms with E-state index in [-0.39, 0.29) is 0 Å². The summed E-state index contributed by atoms with van der Waals surface area (Å²) in [7, 11) is 0. The molecule has 17 heavy (non-hydrogen) atoms. The lowest BCUT2D eigenvalue weighted by molar-refractivity contribution is 0.401. The zero-order chi connectivity index (χ0) is 12.6. The Kier molecular flexibility index (Phi) is 7.61. The summed E-state index contributed by atoms with van der Waals surface area (Å²) in [6, 6.07) is 0. The maximum absolute atomic E-state index is 3.76. The standard InChI is InChI=1S/C15H31NS/c1-4-15(5-2,17-3)13-16-12-14-10-8-6-7-9-11-14/h14,16H,4-13H2,1-3H3. The molecular weight excluding hydrogens is 226 g/mol. The molecule has 0 saturated heterocycles. The summed E-state index contributed by atoms with van der Waals surface area (Å²) < 4.78 is 0.477. The highest BCUT2D eigenvalue weighted by Gasteiger charge is 2.24. The van der Waals surface area contributed by atoms with Gasteiger partial charge in [-0.3, -0.25) is 0 Å². The van der Waals surface area contributed by atoms with Crippen LogP contribution in [0.1, 0.15) is 65.2 Å². The van der Waals surface area contributed by atoms with Crippen LogP contribution in [0.15, 0.2) is 0 Å². The summed E-state index contributed by atoms with van der Waals surface area (Å²) in [6.45, 7) is 7.10. The van der Waals surface area contributed by atoms with Crippen molar-refractivity contribution in [2.45, 2.75) is 70.0 Å². The maximum atomic E-state index is 3.76. The molecule has 0 unspecified atom stereocenters. The lowest BCUT2D eigenvalue weighted by atomic mass is 9.99. The normalized spacial score (nSPS) is 19.2. The first-order valence-corrected chi connectivity index (χ1v) is 8.74. The molecule has 1 N–H and O–H groups in total. The average Bonchev–Trinajstić information content (AvgIpc) is 2.64. The van der Waals surface area contributed by atoms with E-state index in [2.05, 4.69) is 25.4 Å². The molecule has 1 fully saturated rings. The molecule has 1 rings (SSSR count). The summed E-state index contributed by atoms with van der Waals surface area (Å²) in [5, 5.41) is 3.76. The van der Waals surface area contributed by atoms with Gasteiger partial charge in [-0.15, -0.1) is 0 Å². The minimum atomic E-state index is 0.477. The van der Waals surface area contributed by atoms with Gasteiger partial charge in [0.1, 0.15) is 0 Å². The molecule has 0 aromatic heterocycles. The molecule has 0 amide bonds. The second kappa shape index (κ2) is 8.42. The summed E-state index contributed by atoms with van der Waals surface area (Å²) >= 11 is 2.05. The summed E-state index contributed by atoms with van der Waals surface area (Å²) in [5.41, 5.74) is 0. The topological polar surface area (TPSA) is 12.0 Å². The van der Waals surface area contributed by atoms with Crippen LogP contribution >= 0.6 is 11.8 Å². The van der Waals surface area contributed by atoms with Crippen LogP contribution in [0.2, 0.25) is 0 Å². The first kappa shape index (κ1) is 15.4. The van der Waals surface area contributed by atoms with Gasteiger partial charge in [0.25, 0.3) is 0 Å². The van der Waals surface area contributed by atoms with Crippen LogP contribution in [-0.4, -0.2) is 24.1 Å². The summed E-state index contributed by atoms with van der Waals surface area (Å²) in [5.74, 6) is 0.950. The highest BCUT2D eigenvalue weighted by molar-refractivity contribution is 8.00. The van der Waals surface area contributed by atoms with E-state index in [1.165, 1.54) is 64.5 Å². The maximum Gasteiger partial charge on any atom is 0.0276 e. The molecular formula is C15H31NS. The third-order valence-electron chi connectivity index (χ3n) is 4.58. The molecule has 1 nitrogen and oxygen atoms in total. The van der Waals surface area contributed by atoms with E-state index in [0.717, 1.165) is 5.92 Å². The molecule has 1 saturated carbocycles. The van der Waals surface area contributed by atoms with Crippen molar-refractivity contribution < 1.29 is 0 Å². The SMILES string of the molecule is CCC(CC)(CNCC1CCCCCC1)SC. The van der Waals surface area contributed by atoms with Gasteiger partial charge in [-0.25, -0.2) is 0 Å². The smallest absolute Gasteiger partial charge is 0.0276 e. The molecule has 0 aromatic carbocycles. The Balaban J connectivity index is 2.25. The van der Waals surface area contributed by atoms with E-state index in [1.54, 1.807) is 0 Å². The fourth-order valence-electron chi connectivity index (χ4n) is 2.93. The van der Waals surface area contributed by atoms with Crippen LogP contribution in [0.3, 0.4) is 0 Å². The van der Waals surface area contributed by atoms with Gasteiger partial charge in [-0.05, 0) is 44.4 Å². The van der Waals surface area contributed by atoms with Crippen molar-refractivity contribution in [2.75, 3.05) is 19.3 Å². The highest BCUT2D eigenvalue weighted by atomic mass is 32.2. The van der Waals surface area contributed by atoms with Gasteiger partial charge >= 0.3 is 0 Å². The molecule has 1 aliphatic carbocycles. The van der Waals surface area contributed by atoms with Crippen molar-refractivity contribution in [3.8, 4) is 0 Å². The van der Waals surface area contributed by atoms with Crippen molar-refractivity contribution in [2.24, 2.45) is 5.92 Å². The Morgan fingerprint density at radius 1 is 1.06 bits per heavy atom. The molecule has 0 radical (unpaired) electrons. The van der Waals surface area contributed by atoms with E-state index in [9.17, 15) is 0 Å². The van der Waals surface area contributed by atoms with E-state index in [4.69, 9.17) is 0 Å². The Hall–Kier alpha value is 0.310. The van der Waals surface area contributed by atoms with E-state index >= 15 is 0 Å². The number of thioether (sulfide) groups is 1. The van der Waals surface area contributed by atoms with Crippen LogP contribution in [0.25, 0.3) is 0 Å². The van der Waals surface area contributed by atoms with Crippen LogP contribution < -0.4 is 5.32 Å². The Labute approximate surface area is 113 Å². The van der Waals surface area contributed by atoms with Gasteiger partial charge in [-0.1, -0.05) is 39.5 Å². The van der Waals surface area contributed by atoms with Crippen molar-refractivity contribution in [1.82, 2.24) is 5.32 Å². The predicted molar refractivity (Wildman–Crippen MR) is 80.9 cm³/mol. The first-order valence-electron chi connectivity index (χ1n) is 7.52. The van der Waals surface area contributed by atoms with Crippen molar-refractivity contribution in [1.29, 1.82) is 0 Å². The van der Waals surface area contributed by atoms with Gasteiger partial charge in [-0.2, -0.15) is 11.8 Å². The predicted octanol–water partition coefficient (Wildman–Crippen LogP) is 4.47. The summed E-state index contributed by atoms with van der Waals surface area (Å²) in [4.78, 5) is 0. The number of hydrogen-bond donors (Lipinski definition) is 1. The second-order valence-corrected chi connectivity index (χ2v) is 6.86. The van der Waals surface area contributed by atoms with Crippen LogP contribution in [0.5, 0.6) is 0 Å². The fourth-order valence-corrected chi connectivity index (χ4v) is 3.76. The molecule has 0 aliphatic heterocycles. The monoisotopic (exact) mass is 257 g/mol. The number of nitrogens with one attached hydrogen (secondary N) is 1. The van der Waals surface area contributed by atoms with Crippen LogP contribution in [0.4, 0.5) is 0 Å². The first-order chi connectivity index (χ1) is 8.26. The van der Waals surface area contributed by atoms with Crippen molar-refractivity contribution in [3.63, 3.8) is 0 Å². The van der Waals surface area contributed by atoms with E-state index in [0.29, 0.717) is 4.75 Å². The Bertz CT molecular complexity index is 173. The molecule has 0 aromatic rings. The minimum absolute atomic E-state index is 0.477. The second-order valence-electron chi connectivity index (χ2n) is 5.58. The minimum Gasteiger partial charge on any atom is -0.315 e. The van der Waals surface area contributed by atoms with Gasteiger partial charge in [0, 0.05) is 11.3 Å². The van der Waals surface area contributed by atoms with Crippen LogP contribution in [0, 0.1) is 5.92 Å². The molecule has 0 atom stereocenters. The summed E-state index contributed by atoms with van der Waals surface area (Å²) in [6.07, 6.45) is 13.6. The Morgan fingerprint density at radius 3 is 2.12 bits per heavy atom.